The summed E-state index contributed by atoms with van der Waals surface area (Å²) < 4.78 is 11.5. The molecule has 10 nitrogen and oxygen atoms in total. The van der Waals surface area contributed by atoms with Crippen LogP contribution in [0.15, 0.2) is 11.6 Å². The third-order valence-corrected chi connectivity index (χ3v) is 15.2. The summed E-state index contributed by atoms with van der Waals surface area (Å²) in [5.41, 5.74) is -1.02. The quantitative estimate of drug-likeness (QED) is 0.177. The molecule has 0 bridgehead atoms. The van der Waals surface area contributed by atoms with Crippen LogP contribution in [0.1, 0.15) is 99.3 Å². The fraction of sp³-hybridized carbons (Fsp3) is 0.917. The van der Waals surface area contributed by atoms with Crippen LogP contribution < -0.4 is 0 Å². The zero-order chi connectivity index (χ0) is 33.8. The van der Waals surface area contributed by atoms with Crippen LogP contribution in [-0.2, 0) is 14.3 Å². The van der Waals surface area contributed by atoms with Crippen LogP contribution in [0.25, 0.3) is 0 Å². The number of hydrogen-bond donors (Lipinski definition) is 7. The summed E-state index contributed by atoms with van der Waals surface area (Å²) in [5, 5.41) is 73.8. The lowest BCUT2D eigenvalue weighted by Crippen LogP contribution is -2.68. The first-order chi connectivity index (χ1) is 21.3. The molecule has 0 spiro atoms. The molecule has 262 valence electrons. The Hall–Kier alpha value is -1.11. The molecule has 1 heterocycles. The lowest BCUT2D eigenvalue weighted by Gasteiger charge is -2.71. The molecule has 15 atom stereocenters. The van der Waals surface area contributed by atoms with E-state index in [9.17, 15) is 40.5 Å². The van der Waals surface area contributed by atoms with Gasteiger partial charge in [-0.25, -0.2) is 0 Å². The van der Waals surface area contributed by atoms with Crippen molar-refractivity contribution in [3.8, 4) is 0 Å². The molecule has 0 aromatic carbocycles. The highest BCUT2D eigenvalue weighted by molar-refractivity contribution is 5.79. The second-order valence-electron chi connectivity index (χ2n) is 17.9. The maximum Gasteiger partial charge on any atom is 0.315 e. The molecule has 6 rings (SSSR count). The molecule has 0 unspecified atom stereocenters. The largest absolute Gasteiger partial charge is 0.432 e. The predicted octanol–water partition coefficient (Wildman–Crippen LogP) is 2.44. The monoisotopic (exact) mass is 650 g/mol. The van der Waals surface area contributed by atoms with E-state index in [2.05, 4.69) is 40.7 Å². The van der Waals surface area contributed by atoms with Gasteiger partial charge in [0.25, 0.3) is 0 Å². The van der Waals surface area contributed by atoms with Crippen LogP contribution >= 0.6 is 0 Å². The maximum absolute atomic E-state index is 14.4. The Bertz CT molecular complexity index is 1240. The van der Waals surface area contributed by atoms with E-state index in [0.717, 1.165) is 38.5 Å². The maximum atomic E-state index is 14.4. The highest BCUT2D eigenvalue weighted by Crippen LogP contribution is 2.75. The number of fused-ring (bicyclic) bond motifs is 7. The molecule has 1 saturated heterocycles. The average Bonchev–Trinajstić information content (AvgIpc) is 3.00. The highest BCUT2D eigenvalue weighted by Gasteiger charge is 2.71. The number of esters is 1. The van der Waals surface area contributed by atoms with Crippen molar-refractivity contribution in [3.63, 3.8) is 0 Å². The van der Waals surface area contributed by atoms with Crippen molar-refractivity contribution in [1.82, 2.24) is 0 Å². The minimum Gasteiger partial charge on any atom is -0.432 e. The number of ether oxygens (including phenoxy) is 2. The zero-order valence-corrected chi connectivity index (χ0v) is 28.5. The van der Waals surface area contributed by atoms with Gasteiger partial charge in [-0.05, 0) is 97.2 Å². The van der Waals surface area contributed by atoms with E-state index >= 15 is 0 Å². The van der Waals surface area contributed by atoms with Gasteiger partial charge in [0.1, 0.15) is 24.4 Å². The Balaban J connectivity index is 1.36. The zero-order valence-electron chi connectivity index (χ0n) is 28.5. The summed E-state index contributed by atoms with van der Waals surface area (Å²) >= 11 is 0. The van der Waals surface area contributed by atoms with E-state index in [1.54, 1.807) is 0 Å². The van der Waals surface area contributed by atoms with Crippen LogP contribution in [0.3, 0.4) is 0 Å². The molecule has 0 aromatic heterocycles. The van der Waals surface area contributed by atoms with Gasteiger partial charge in [0.15, 0.2) is 0 Å². The minimum absolute atomic E-state index is 0.00930. The van der Waals surface area contributed by atoms with Crippen LogP contribution in [0.5, 0.6) is 0 Å². The van der Waals surface area contributed by atoms with Crippen molar-refractivity contribution < 1.29 is 50.0 Å². The standard InChI is InChI=1S/C36H58O10/c1-31(2)11-13-36(30(44)46-29-27(42)26(41)25(40)22(17-37)45-29)14-12-34(5)19(20(36)15-31)7-8-24-32(3)16-21(39)28(43)33(4,18-38)23(32)9-10-35(24,34)6/h7,20-29,37-43H,8-18H2,1-6H3/t20-,21+,22+,23+,24+,25+,26-,27+,28-,29-,32-,33-,34+,35+,36-/m0/s1. The SMILES string of the molecule is CC1(C)CC[C@]2(C(=O)O[C@@H]3O[C@H](CO)[C@@H](O)[C@H](O)[C@H]3O)CC[C@]3(C)C(=CC[C@@H]4[C@@]5(C)C[C@@H](O)[C@H](O)[C@@](C)(CO)[C@@H]5CC[C@]43C)[C@@H]2C1. The molecule has 4 saturated carbocycles. The second kappa shape index (κ2) is 11.2. The first kappa shape index (κ1) is 34.7. The van der Waals surface area contributed by atoms with Gasteiger partial charge in [0.05, 0.1) is 30.8 Å². The van der Waals surface area contributed by atoms with Crippen molar-refractivity contribution in [1.29, 1.82) is 0 Å². The molecule has 0 aromatic rings. The minimum atomic E-state index is -1.65. The van der Waals surface area contributed by atoms with Crippen LogP contribution in [0, 0.1) is 50.2 Å². The predicted molar refractivity (Wildman–Crippen MR) is 168 cm³/mol. The Morgan fingerprint density at radius 2 is 1.54 bits per heavy atom. The Kier molecular flexibility index (Phi) is 8.46. The Labute approximate surface area is 273 Å². The molecule has 46 heavy (non-hydrogen) atoms. The molecule has 5 aliphatic carbocycles. The fourth-order valence-electron chi connectivity index (χ4n) is 12.1. The van der Waals surface area contributed by atoms with E-state index in [1.165, 1.54) is 5.57 Å². The molecular weight excluding hydrogens is 592 g/mol. The first-order valence-electron chi connectivity index (χ1n) is 17.5. The van der Waals surface area contributed by atoms with E-state index in [4.69, 9.17) is 9.47 Å². The van der Waals surface area contributed by atoms with Gasteiger partial charge < -0.3 is 45.2 Å². The normalized spacial score (nSPS) is 54.8. The summed E-state index contributed by atoms with van der Waals surface area (Å²) in [6.07, 6.45) is -0.357. The van der Waals surface area contributed by atoms with Crippen LogP contribution in [0.4, 0.5) is 0 Å². The van der Waals surface area contributed by atoms with Gasteiger partial charge in [0, 0.05) is 5.41 Å². The van der Waals surface area contributed by atoms with Gasteiger partial charge in [0.2, 0.25) is 6.29 Å². The van der Waals surface area contributed by atoms with Crippen molar-refractivity contribution >= 4 is 5.97 Å². The van der Waals surface area contributed by atoms with E-state index in [0.29, 0.717) is 19.3 Å². The van der Waals surface area contributed by atoms with Crippen LogP contribution in [-0.4, -0.2) is 97.8 Å². The molecular formula is C36H58O10. The summed E-state index contributed by atoms with van der Waals surface area (Å²) in [6.45, 7) is 12.7. The molecule has 5 fully saturated rings. The number of aliphatic hydroxyl groups is 7. The van der Waals surface area contributed by atoms with E-state index < -0.39 is 66.3 Å². The van der Waals surface area contributed by atoms with Gasteiger partial charge in [-0.1, -0.05) is 53.2 Å². The molecule has 6 aliphatic rings. The van der Waals surface area contributed by atoms with E-state index in [-0.39, 0.29) is 46.0 Å². The summed E-state index contributed by atoms with van der Waals surface area (Å²) in [7, 11) is 0. The lowest BCUT2D eigenvalue weighted by atomic mass is 9.33. The Morgan fingerprint density at radius 1 is 0.870 bits per heavy atom. The van der Waals surface area contributed by atoms with Crippen molar-refractivity contribution in [3.05, 3.63) is 11.6 Å². The highest BCUT2D eigenvalue weighted by atomic mass is 16.7. The average molecular weight is 651 g/mol. The Morgan fingerprint density at radius 3 is 2.20 bits per heavy atom. The second-order valence-corrected chi connectivity index (χ2v) is 17.9. The summed E-state index contributed by atoms with van der Waals surface area (Å²) in [4.78, 5) is 14.4. The number of allylic oxidation sites excluding steroid dienone is 2. The summed E-state index contributed by atoms with van der Waals surface area (Å²) in [6, 6.07) is 0. The topological polar surface area (TPSA) is 177 Å². The number of rotatable bonds is 4. The van der Waals surface area contributed by atoms with E-state index in [1.807, 2.05) is 6.92 Å². The number of hydrogen-bond acceptors (Lipinski definition) is 10. The summed E-state index contributed by atoms with van der Waals surface area (Å²) in [5.74, 6) is -0.293. The first-order valence-corrected chi connectivity index (χ1v) is 17.5. The van der Waals surface area contributed by atoms with Gasteiger partial charge in [-0.2, -0.15) is 0 Å². The molecule has 0 amide bonds. The smallest absolute Gasteiger partial charge is 0.315 e. The molecule has 0 radical (unpaired) electrons. The number of aliphatic hydroxyl groups excluding tert-OH is 7. The van der Waals surface area contributed by atoms with Gasteiger partial charge in [-0.15, -0.1) is 0 Å². The number of carbonyl (C=O) groups is 1. The van der Waals surface area contributed by atoms with Crippen molar-refractivity contribution in [2.24, 2.45) is 50.2 Å². The third kappa shape index (κ3) is 4.60. The lowest BCUT2D eigenvalue weighted by molar-refractivity contribution is -0.297. The molecule has 1 aliphatic heterocycles. The fourth-order valence-corrected chi connectivity index (χ4v) is 12.1. The van der Waals surface area contributed by atoms with Crippen LogP contribution in [0.2, 0.25) is 0 Å². The van der Waals surface area contributed by atoms with Gasteiger partial charge >= 0.3 is 5.97 Å². The molecule has 7 N–H and O–H groups in total. The van der Waals surface area contributed by atoms with Crippen molar-refractivity contribution in [2.45, 2.75) is 142 Å². The van der Waals surface area contributed by atoms with Gasteiger partial charge in [-0.3, -0.25) is 4.79 Å². The van der Waals surface area contributed by atoms with Crippen molar-refractivity contribution in [2.75, 3.05) is 13.2 Å². The third-order valence-electron chi connectivity index (χ3n) is 15.2. The number of carbonyl (C=O) groups excluding carboxylic acids is 1. The molecule has 10 heteroatoms.